The lowest BCUT2D eigenvalue weighted by molar-refractivity contribution is 0.403. The summed E-state index contributed by atoms with van der Waals surface area (Å²) >= 11 is 12.5. The standard InChI is InChI=1S/C23H22Cl2N4/c1-28(2)10-6-9-26-14-16-11-22-23(17-7-4-3-5-8-17)27-20-12-18(24)19(25)13-21(20)29(22)15-16/h3-5,7-8,11-15H,6,9-10H2,1-2H3. The van der Waals surface area contributed by atoms with Crippen molar-refractivity contribution in [2.24, 2.45) is 4.99 Å². The molecule has 0 fully saturated rings. The molecule has 4 rings (SSSR count). The van der Waals surface area contributed by atoms with Gasteiger partial charge in [0, 0.05) is 30.1 Å². The molecular formula is C23H22Cl2N4. The van der Waals surface area contributed by atoms with Gasteiger partial charge in [-0.25, -0.2) is 4.98 Å². The van der Waals surface area contributed by atoms with Crippen molar-refractivity contribution in [3.8, 4) is 11.3 Å². The molecule has 0 atom stereocenters. The van der Waals surface area contributed by atoms with E-state index in [4.69, 9.17) is 28.2 Å². The van der Waals surface area contributed by atoms with E-state index in [2.05, 4.69) is 52.8 Å². The molecule has 148 valence electrons. The van der Waals surface area contributed by atoms with Crippen molar-refractivity contribution in [2.45, 2.75) is 6.42 Å². The summed E-state index contributed by atoms with van der Waals surface area (Å²) in [7, 11) is 4.15. The lowest BCUT2D eigenvalue weighted by atomic mass is 10.1. The zero-order valence-electron chi connectivity index (χ0n) is 16.4. The molecule has 0 saturated carbocycles. The van der Waals surface area contributed by atoms with Crippen molar-refractivity contribution in [3.63, 3.8) is 0 Å². The lowest BCUT2D eigenvalue weighted by Gasteiger charge is -2.09. The molecule has 29 heavy (non-hydrogen) atoms. The van der Waals surface area contributed by atoms with Crippen LogP contribution >= 0.6 is 23.2 Å². The molecule has 4 aromatic rings. The predicted octanol–water partition coefficient (Wildman–Crippen LogP) is 5.83. The average molecular weight is 425 g/mol. The molecule has 0 radical (unpaired) electrons. The Morgan fingerprint density at radius 2 is 1.79 bits per heavy atom. The summed E-state index contributed by atoms with van der Waals surface area (Å²) in [5, 5.41) is 1.02. The molecule has 2 aromatic heterocycles. The van der Waals surface area contributed by atoms with E-state index in [1.54, 1.807) is 0 Å². The molecule has 0 aliphatic rings. The van der Waals surface area contributed by atoms with E-state index in [0.717, 1.165) is 52.9 Å². The van der Waals surface area contributed by atoms with Gasteiger partial charge >= 0.3 is 0 Å². The highest BCUT2D eigenvalue weighted by molar-refractivity contribution is 6.42. The van der Waals surface area contributed by atoms with Crippen LogP contribution in [0.1, 0.15) is 12.0 Å². The van der Waals surface area contributed by atoms with Crippen molar-refractivity contribution in [1.29, 1.82) is 0 Å². The van der Waals surface area contributed by atoms with Gasteiger partial charge in [0.15, 0.2) is 0 Å². The fourth-order valence-electron chi connectivity index (χ4n) is 3.38. The highest BCUT2D eigenvalue weighted by Gasteiger charge is 2.13. The molecule has 0 amide bonds. The number of benzene rings is 2. The van der Waals surface area contributed by atoms with Crippen molar-refractivity contribution >= 4 is 46.0 Å². The number of rotatable bonds is 6. The van der Waals surface area contributed by atoms with Crippen molar-refractivity contribution in [1.82, 2.24) is 14.3 Å². The number of aliphatic imine (C=N–C) groups is 1. The van der Waals surface area contributed by atoms with Gasteiger partial charge in [0.25, 0.3) is 0 Å². The molecular weight excluding hydrogens is 403 g/mol. The van der Waals surface area contributed by atoms with Gasteiger partial charge in [0.1, 0.15) is 0 Å². The van der Waals surface area contributed by atoms with E-state index in [-0.39, 0.29) is 0 Å². The second kappa shape index (κ2) is 8.54. The molecule has 0 bridgehead atoms. The molecule has 0 N–H and O–H groups in total. The third-order valence-corrected chi connectivity index (χ3v) is 5.50. The Labute approximate surface area is 180 Å². The Hall–Kier alpha value is -2.40. The largest absolute Gasteiger partial charge is 0.312 e. The van der Waals surface area contributed by atoms with Crippen LogP contribution in [0.25, 0.3) is 27.8 Å². The normalized spacial score (nSPS) is 12.0. The summed E-state index contributed by atoms with van der Waals surface area (Å²) in [4.78, 5) is 11.7. The van der Waals surface area contributed by atoms with Gasteiger partial charge in [0.05, 0.1) is 32.3 Å². The Morgan fingerprint density at radius 3 is 2.55 bits per heavy atom. The summed E-state index contributed by atoms with van der Waals surface area (Å²) in [6.07, 6.45) is 5.04. The van der Waals surface area contributed by atoms with Crippen LogP contribution in [0.3, 0.4) is 0 Å². The zero-order valence-corrected chi connectivity index (χ0v) is 18.0. The van der Waals surface area contributed by atoms with Gasteiger partial charge in [0.2, 0.25) is 0 Å². The van der Waals surface area contributed by atoms with E-state index < -0.39 is 0 Å². The van der Waals surface area contributed by atoms with Crippen LogP contribution in [0.4, 0.5) is 0 Å². The molecule has 0 spiro atoms. The first-order valence-corrected chi connectivity index (χ1v) is 10.3. The first-order valence-electron chi connectivity index (χ1n) is 9.54. The van der Waals surface area contributed by atoms with Crippen molar-refractivity contribution < 1.29 is 0 Å². The van der Waals surface area contributed by atoms with Crippen LogP contribution in [-0.4, -0.2) is 47.7 Å². The van der Waals surface area contributed by atoms with Crippen LogP contribution in [0.2, 0.25) is 10.0 Å². The van der Waals surface area contributed by atoms with Gasteiger partial charge in [-0.3, -0.25) is 4.99 Å². The van der Waals surface area contributed by atoms with E-state index >= 15 is 0 Å². The van der Waals surface area contributed by atoms with Crippen LogP contribution in [0.15, 0.2) is 59.7 Å². The monoisotopic (exact) mass is 424 g/mol. The lowest BCUT2D eigenvalue weighted by Crippen LogP contribution is -2.13. The third kappa shape index (κ3) is 4.30. The molecule has 0 saturated heterocycles. The molecule has 2 heterocycles. The molecule has 2 aromatic carbocycles. The first kappa shape index (κ1) is 19.9. The van der Waals surface area contributed by atoms with Crippen molar-refractivity contribution in [3.05, 3.63) is 70.3 Å². The highest BCUT2D eigenvalue weighted by Crippen LogP contribution is 2.32. The summed E-state index contributed by atoms with van der Waals surface area (Å²) < 4.78 is 2.12. The fraction of sp³-hybridized carbons (Fsp3) is 0.217. The maximum Gasteiger partial charge on any atom is 0.0950 e. The van der Waals surface area contributed by atoms with Gasteiger partial charge in [-0.2, -0.15) is 0 Å². The smallest absolute Gasteiger partial charge is 0.0950 e. The number of aromatic nitrogens is 2. The Balaban J connectivity index is 1.82. The third-order valence-electron chi connectivity index (χ3n) is 4.77. The van der Waals surface area contributed by atoms with E-state index in [0.29, 0.717) is 10.0 Å². The first-order chi connectivity index (χ1) is 14.0. The second-order valence-electron chi connectivity index (χ2n) is 7.30. The molecule has 0 unspecified atom stereocenters. The topological polar surface area (TPSA) is 32.9 Å². The minimum atomic E-state index is 0.500. The highest BCUT2D eigenvalue weighted by atomic mass is 35.5. The minimum absolute atomic E-state index is 0.500. The minimum Gasteiger partial charge on any atom is -0.312 e. The SMILES string of the molecule is CN(C)CCCN=Cc1cc2c(-c3ccccc3)nc3cc(Cl)c(Cl)cc3n2c1. The van der Waals surface area contributed by atoms with E-state index in [1.807, 2.05) is 36.5 Å². The maximum atomic E-state index is 6.29. The second-order valence-corrected chi connectivity index (χ2v) is 8.12. The van der Waals surface area contributed by atoms with Gasteiger partial charge in [-0.15, -0.1) is 0 Å². The van der Waals surface area contributed by atoms with Crippen LogP contribution in [0.5, 0.6) is 0 Å². The summed E-state index contributed by atoms with van der Waals surface area (Å²) in [6, 6.07) is 16.0. The average Bonchev–Trinajstić information content (AvgIpc) is 3.13. The summed E-state index contributed by atoms with van der Waals surface area (Å²) in [6.45, 7) is 1.83. The maximum absolute atomic E-state index is 6.29. The Morgan fingerprint density at radius 1 is 1.03 bits per heavy atom. The Bertz CT molecular complexity index is 1180. The zero-order chi connectivity index (χ0) is 20.4. The van der Waals surface area contributed by atoms with E-state index in [9.17, 15) is 0 Å². The van der Waals surface area contributed by atoms with Gasteiger partial charge < -0.3 is 9.30 Å². The summed E-state index contributed by atoms with van der Waals surface area (Å²) in [5.41, 5.74) is 5.73. The number of hydrogen-bond acceptors (Lipinski definition) is 3. The van der Waals surface area contributed by atoms with Crippen LogP contribution in [-0.2, 0) is 0 Å². The number of fused-ring (bicyclic) bond motifs is 3. The molecule has 4 nitrogen and oxygen atoms in total. The number of hydrogen-bond donors (Lipinski definition) is 0. The van der Waals surface area contributed by atoms with E-state index in [1.165, 1.54) is 0 Å². The molecule has 0 aliphatic heterocycles. The molecule has 6 heteroatoms. The fourth-order valence-corrected chi connectivity index (χ4v) is 3.69. The molecule has 0 aliphatic carbocycles. The van der Waals surface area contributed by atoms with Crippen LogP contribution in [0, 0.1) is 0 Å². The number of nitrogens with zero attached hydrogens (tertiary/aromatic N) is 4. The Kier molecular flexibility index (Phi) is 5.86. The van der Waals surface area contributed by atoms with Gasteiger partial charge in [-0.1, -0.05) is 53.5 Å². The van der Waals surface area contributed by atoms with Crippen molar-refractivity contribution in [2.75, 3.05) is 27.2 Å². The quantitative estimate of drug-likeness (QED) is 0.288. The predicted molar refractivity (Wildman–Crippen MR) is 124 cm³/mol. The van der Waals surface area contributed by atoms with Gasteiger partial charge in [-0.05, 0) is 45.3 Å². The number of halogens is 2. The van der Waals surface area contributed by atoms with Crippen LogP contribution < -0.4 is 0 Å². The summed E-state index contributed by atoms with van der Waals surface area (Å²) in [5.74, 6) is 0.